The van der Waals surface area contributed by atoms with E-state index >= 15 is 0 Å². The SMILES string of the molecule is COC(=O)C(C)(C)CNC(=O)[C@@H]1CCCN1.Cl. The molecule has 1 aliphatic rings. The fourth-order valence-electron chi connectivity index (χ4n) is 1.69. The second kappa shape index (κ2) is 6.81. The van der Waals surface area contributed by atoms with Gasteiger partial charge in [0.2, 0.25) is 5.91 Å². The molecule has 1 amide bonds. The zero-order chi connectivity index (χ0) is 12.2. The van der Waals surface area contributed by atoms with Crippen LogP contribution in [0.3, 0.4) is 0 Å². The fourth-order valence-corrected chi connectivity index (χ4v) is 1.69. The third-order valence-corrected chi connectivity index (χ3v) is 2.82. The summed E-state index contributed by atoms with van der Waals surface area (Å²) in [5, 5.41) is 5.89. The van der Waals surface area contributed by atoms with Gasteiger partial charge in [-0.05, 0) is 33.2 Å². The molecule has 0 unspecified atom stereocenters. The van der Waals surface area contributed by atoms with E-state index in [0.29, 0.717) is 6.54 Å². The van der Waals surface area contributed by atoms with Crippen molar-refractivity contribution in [1.29, 1.82) is 0 Å². The maximum absolute atomic E-state index is 11.7. The summed E-state index contributed by atoms with van der Waals surface area (Å²) in [7, 11) is 1.35. The van der Waals surface area contributed by atoms with Gasteiger partial charge in [0.05, 0.1) is 18.6 Å². The Morgan fingerprint density at radius 3 is 2.59 bits per heavy atom. The van der Waals surface area contributed by atoms with Gasteiger partial charge in [-0.1, -0.05) is 0 Å². The number of hydrogen-bond acceptors (Lipinski definition) is 4. The molecule has 0 spiro atoms. The van der Waals surface area contributed by atoms with Gasteiger partial charge in [0.15, 0.2) is 0 Å². The molecular weight excluding hydrogens is 244 g/mol. The van der Waals surface area contributed by atoms with Crippen molar-refractivity contribution in [3.63, 3.8) is 0 Å². The molecular formula is C11H21ClN2O3. The summed E-state index contributed by atoms with van der Waals surface area (Å²) in [5.41, 5.74) is -0.678. The van der Waals surface area contributed by atoms with Crippen LogP contribution >= 0.6 is 12.4 Å². The van der Waals surface area contributed by atoms with E-state index in [9.17, 15) is 9.59 Å². The number of rotatable bonds is 4. The van der Waals surface area contributed by atoms with Crippen molar-refractivity contribution in [3.8, 4) is 0 Å². The van der Waals surface area contributed by atoms with Crippen molar-refractivity contribution in [2.45, 2.75) is 32.7 Å². The molecule has 100 valence electrons. The maximum atomic E-state index is 11.7. The van der Waals surface area contributed by atoms with E-state index < -0.39 is 5.41 Å². The van der Waals surface area contributed by atoms with Gasteiger partial charge in [0.1, 0.15) is 0 Å². The van der Waals surface area contributed by atoms with Crippen molar-refractivity contribution in [3.05, 3.63) is 0 Å². The smallest absolute Gasteiger partial charge is 0.313 e. The molecule has 2 N–H and O–H groups in total. The highest BCUT2D eigenvalue weighted by atomic mass is 35.5. The quantitative estimate of drug-likeness (QED) is 0.725. The highest BCUT2D eigenvalue weighted by molar-refractivity contribution is 5.85. The molecule has 1 aliphatic heterocycles. The first-order valence-electron chi connectivity index (χ1n) is 5.57. The Labute approximate surface area is 108 Å². The minimum absolute atomic E-state index is 0. The van der Waals surface area contributed by atoms with Crippen LogP contribution < -0.4 is 10.6 Å². The predicted molar refractivity (Wildman–Crippen MR) is 67.1 cm³/mol. The van der Waals surface area contributed by atoms with Gasteiger partial charge >= 0.3 is 5.97 Å². The monoisotopic (exact) mass is 264 g/mol. The van der Waals surface area contributed by atoms with Gasteiger partial charge in [-0.15, -0.1) is 12.4 Å². The minimum atomic E-state index is -0.678. The molecule has 1 saturated heterocycles. The number of nitrogens with one attached hydrogen (secondary N) is 2. The molecule has 1 heterocycles. The van der Waals surface area contributed by atoms with Crippen LogP contribution in [0.2, 0.25) is 0 Å². The largest absolute Gasteiger partial charge is 0.469 e. The summed E-state index contributed by atoms with van der Waals surface area (Å²) in [6, 6.07) is -0.103. The van der Waals surface area contributed by atoms with Crippen LogP contribution in [0, 0.1) is 5.41 Å². The first kappa shape index (κ1) is 16.2. The first-order valence-corrected chi connectivity index (χ1v) is 5.57. The van der Waals surface area contributed by atoms with Crippen molar-refractivity contribution < 1.29 is 14.3 Å². The highest BCUT2D eigenvalue weighted by Gasteiger charge is 2.30. The predicted octanol–water partition coefficient (Wildman–Crippen LogP) is 0.476. The summed E-state index contributed by atoms with van der Waals surface area (Å²) in [4.78, 5) is 23.1. The summed E-state index contributed by atoms with van der Waals surface area (Å²) >= 11 is 0. The number of amides is 1. The van der Waals surface area contributed by atoms with Crippen molar-refractivity contribution in [1.82, 2.24) is 10.6 Å². The van der Waals surface area contributed by atoms with Crippen LogP contribution in [0.15, 0.2) is 0 Å². The van der Waals surface area contributed by atoms with Crippen molar-refractivity contribution in [2.24, 2.45) is 5.41 Å². The van der Waals surface area contributed by atoms with Crippen LogP contribution in [0.5, 0.6) is 0 Å². The van der Waals surface area contributed by atoms with E-state index in [2.05, 4.69) is 15.4 Å². The van der Waals surface area contributed by atoms with Crippen LogP contribution in [0.4, 0.5) is 0 Å². The van der Waals surface area contributed by atoms with Crippen LogP contribution in [-0.4, -0.2) is 38.1 Å². The molecule has 0 aliphatic carbocycles. The lowest BCUT2D eigenvalue weighted by Crippen LogP contribution is -2.46. The number of carbonyl (C=O) groups excluding carboxylic acids is 2. The topological polar surface area (TPSA) is 67.4 Å². The number of hydrogen-bond donors (Lipinski definition) is 2. The van der Waals surface area contributed by atoms with E-state index in [1.165, 1.54) is 7.11 Å². The highest BCUT2D eigenvalue weighted by Crippen LogP contribution is 2.15. The standard InChI is InChI=1S/C11H20N2O3.ClH/c1-11(2,10(15)16-3)7-13-9(14)8-5-4-6-12-8;/h8,12H,4-7H2,1-3H3,(H,13,14);1H/t8-;/m0./s1. The third kappa shape index (κ3) is 4.52. The molecule has 6 heteroatoms. The Balaban J connectivity index is 0.00000256. The van der Waals surface area contributed by atoms with Gasteiger partial charge in [0.25, 0.3) is 0 Å². The summed E-state index contributed by atoms with van der Waals surface area (Å²) in [6.45, 7) is 4.69. The summed E-state index contributed by atoms with van der Waals surface area (Å²) < 4.78 is 4.67. The lowest BCUT2D eigenvalue weighted by molar-refractivity contribution is -0.150. The summed E-state index contributed by atoms with van der Waals surface area (Å²) in [6.07, 6.45) is 1.89. The molecule has 1 fully saturated rings. The Morgan fingerprint density at radius 2 is 2.12 bits per heavy atom. The molecule has 1 rings (SSSR count). The molecule has 0 aromatic heterocycles. The molecule has 0 saturated carbocycles. The number of esters is 1. The van der Waals surface area contributed by atoms with Gasteiger partial charge < -0.3 is 15.4 Å². The van der Waals surface area contributed by atoms with Gasteiger partial charge in [-0.2, -0.15) is 0 Å². The molecule has 0 bridgehead atoms. The number of methoxy groups -OCH3 is 1. The molecule has 0 radical (unpaired) electrons. The van der Waals surface area contributed by atoms with Crippen molar-refractivity contribution >= 4 is 24.3 Å². The van der Waals surface area contributed by atoms with Crippen molar-refractivity contribution in [2.75, 3.05) is 20.2 Å². The lowest BCUT2D eigenvalue weighted by atomic mass is 9.93. The number of ether oxygens (including phenoxy) is 1. The molecule has 0 aromatic carbocycles. The van der Waals surface area contributed by atoms with Gasteiger partial charge in [-0.3, -0.25) is 9.59 Å². The Bertz CT molecular complexity index is 276. The number of carbonyl (C=O) groups is 2. The normalized spacial score (nSPS) is 19.4. The lowest BCUT2D eigenvalue weighted by Gasteiger charge is -2.22. The second-order valence-electron chi connectivity index (χ2n) is 4.74. The molecule has 0 aromatic rings. The zero-order valence-electron chi connectivity index (χ0n) is 10.5. The van der Waals surface area contributed by atoms with Crippen LogP contribution in [0.1, 0.15) is 26.7 Å². The molecule has 5 nitrogen and oxygen atoms in total. The minimum Gasteiger partial charge on any atom is -0.469 e. The average Bonchev–Trinajstić information content (AvgIpc) is 2.78. The number of halogens is 1. The Hall–Kier alpha value is -0.810. The third-order valence-electron chi connectivity index (χ3n) is 2.82. The second-order valence-corrected chi connectivity index (χ2v) is 4.74. The van der Waals surface area contributed by atoms with Gasteiger partial charge in [0, 0.05) is 6.54 Å². The van der Waals surface area contributed by atoms with E-state index in [-0.39, 0.29) is 30.3 Å². The maximum Gasteiger partial charge on any atom is 0.313 e. The fraction of sp³-hybridized carbons (Fsp3) is 0.818. The van der Waals surface area contributed by atoms with Gasteiger partial charge in [-0.25, -0.2) is 0 Å². The van der Waals surface area contributed by atoms with Crippen LogP contribution in [-0.2, 0) is 14.3 Å². The van der Waals surface area contributed by atoms with E-state index in [4.69, 9.17) is 0 Å². The molecule has 17 heavy (non-hydrogen) atoms. The average molecular weight is 265 g/mol. The first-order chi connectivity index (χ1) is 7.47. The molecule has 1 atom stereocenters. The van der Waals surface area contributed by atoms with Crippen LogP contribution in [0.25, 0.3) is 0 Å². The summed E-state index contributed by atoms with van der Waals surface area (Å²) in [5.74, 6) is -0.346. The van der Waals surface area contributed by atoms with E-state index in [0.717, 1.165) is 19.4 Å². The van der Waals surface area contributed by atoms with E-state index in [1.54, 1.807) is 13.8 Å². The van der Waals surface area contributed by atoms with E-state index in [1.807, 2.05) is 0 Å². The zero-order valence-corrected chi connectivity index (χ0v) is 11.4. The Kier molecular flexibility index (Phi) is 6.49. The Morgan fingerprint density at radius 1 is 1.47 bits per heavy atom.